The van der Waals surface area contributed by atoms with Crippen molar-refractivity contribution < 1.29 is 0 Å². The van der Waals surface area contributed by atoms with Crippen molar-refractivity contribution in [1.29, 1.82) is 0 Å². The molecule has 0 aliphatic rings. The Labute approximate surface area is 105 Å². The maximum atomic E-state index is 4.33. The summed E-state index contributed by atoms with van der Waals surface area (Å²) < 4.78 is 1.76. The van der Waals surface area contributed by atoms with E-state index in [9.17, 15) is 0 Å². The Morgan fingerprint density at radius 3 is 3.00 bits per heavy atom. The molecule has 0 aliphatic carbocycles. The van der Waals surface area contributed by atoms with Crippen molar-refractivity contribution in [2.45, 2.75) is 17.8 Å². The molecule has 2 aromatic rings. The summed E-state index contributed by atoms with van der Waals surface area (Å²) in [6, 6.07) is 4.03. The number of nitrogens with one attached hydrogen (secondary N) is 1. The molecule has 0 spiro atoms. The quantitative estimate of drug-likeness (QED) is 0.821. The Bertz CT molecular complexity index is 482. The van der Waals surface area contributed by atoms with E-state index in [1.165, 1.54) is 0 Å². The molecule has 0 aliphatic heterocycles. The van der Waals surface area contributed by atoms with Gasteiger partial charge in [0.15, 0.2) is 5.16 Å². The van der Waals surface area contributed by atoms with Gasteiger partial charge < -0.3 is 5.32 Å². The number of pyridine rings is 1. The topological polar surface area (TPSA) is 55.6 Å². The summed E-state index contributed by atoms with van der Waals surface area (Å²) >= 11 is 1.63. The van der Waals surface area contributed by atoms with Crippen LogP contribution in [0.1, 0.15) is 12.6 Å². The van der Waals surface area contributed by atoms with Crippen LogP contribution in [0.5, 0.6) is 0 Å². The lowest BCUT2D eigenvalue weighted by molar-refractivity contribution is 0.685. The number of nitrogens with zero attached hydrogens (tertiary/aromatic N) is 4. The molecule has 6 heteroatoms. The molecule has 5 nitrogen and oxygen atoms in total. The largest absolute Gasteiger partial charge is 0.385 e. The van der Waals surface area contributed by atoms with Crippen LogP contribution in [-0.2, 0) is 12.8 Å². The number of rotatable bonds is 5. The fourth-order valence-corrected chi connectivity index (χ4v) is 2.22. The smallest absolute Gasteiger partial charge is 0.186 e. The van der Waals surface area contributed by atoms with Crippen LogP contribution < -0.4 is 5.32 Å². The van der Waals surface area contributed by atoms with Crippen molar-refractivity contribution in [3.8, 4) is 0 Å². The monoisotopic (exact) mass is 249 g/mol. The minimum atomic E-state index is 0.797. The van der Waals surface area contributed by atoms with E-state index in [1.54, 1.807) is 22.8 Å². The highest BCUT2D eigenvalue weighted by molar-refractivity contribution is 7.98. The summed E-state index contributed by atoms with van der Waals surface area (Å²) in [6.45, 7) is 2.99. The molecular weight excluding hydrogens is 234 g/mol. The maximum Gasteiger partial charge on any atom is 0.186 e. The number of aromatic nitrogens is 4. The molecule has 0 bridgehead atoms. The third-order valence-electron chi connectivity index (χ3n) is 2.22. The molecule has 0 unspecified atom stereocenters. The van der Waals surface area contributed by atoms with Gasteiger partial charge in [0.2, 0.25) is 0 Å². The van der Waals surface area contributed by atoms with Gasteiger partial charge in [0.1, 0.15) is 6.33 Å². The Balaban J connectivity index is 1.99. The average molecular weight is 249 g/mol. The first kappa shape index (κ1) is 11.9. The second kappa shape index (κ2) is 5.67. The molecule has 1 N–H and O–H groups in total. The number of hydrogen-bond acceptors (Lipinski definition) is 5. The number of thioether (sulfide) groups is 1. The van der Waals surface area contributed by atoms with Gasteiger partial charge in [-0.25, -0.2) is 9.67 Å². The van der Waals surface area contributed by atoms with Crippen LogP contribution in [0.15, 0.2) is 29.8 Å². The fraction of sp³-hybridized carbons (Fsp3) is 0.364. The van der Waals surface area contributed by atoms with E-state index in [1.807, 2.05) is 19.3 Å². The van der Waals surface area contributed by atoms with Gasteiger partial charge in [-0.05, 0) is 19.1 Å². The zero-order chi connectivity index (χ0) is 12.1. The van der Waals surface area contributed by atoms with Crippen LogP contribution in [-0.4, -0.2) is 26.3 Å². The zero-order valence-corrected chi connectivity index (χ0v) is 10.7. The molecule has 2 heterocycles. The summed E-state index contributed by atoms with van der Waals surface area (Å²) in [7, 11) is 1.89. The van der Waals surface area contributed by atoms with E-state index in [0.29, 0.717) is 0 Å². The highest BCUT2D eigenvalue weighted by atomic mass is 32.2. The van der Waals surface area contributed by atoms with Gasteiger partial charge in [-0.3, -0.25) is 4.98 Å². The molecule has 0 amide bonds. The summed E-state index contributed by atoms with van der Waals surface area (Å²) in [5, 5.41) is 8.20. The van der Waals surface area contributed by atoms with Crippen LogP contribution in [0.4, 0.5) is 5.69 Å². The number of aryl methyl sites for hydroxylation is 1. The first-order chi connectivity index (χ1) is 8.29. The van der Waals surface area contributed by atoms with Crippen molar-refractivity contribution >= 4 is 17.4 Å². The SMILES string of the molecule is CCNc1ccnc(CSc2ncnn2C)c1. The number of anilines is 1. The van der Waals surface area contributed by atoms with Gasteiger partial charge in [0.25, 0.3) is 0 Å². The predicted octanol–water partition coefficient (Wildman–Crippen LogP) is 1.93. The summed E-state index contributed by atoms with van der Waals surface area (Å²) in [5.74, 6) is 0.797. The highest BCUT2D eigenvalue weighted by Gasteiger charge is 2.03. The Hall–Kier alpha value is -1.56. The van der Waals surface area contributed by atoms with Gasteiger partial charge in [-0.2, -0.15) is 5.10 Å². The Morgan fingerprint density at radius 2 is 2.29 bits per heavy atom. The van der Waals surface area contributed by atoms with Gasteiger partial charge >= 0.3 is 0 Å². The molecule has 0 saturated carbocycles. The van der Waals surface area contributed by atoms with Crippen LogP contribution in [0.2, 0.25) is 0 Å². The van der Waals surface area contributed by atoms with Crippen molar-refractivity contribution in [2.24, 2.45) is 7.05 Å². The molecule has 0 saturated heterocycles. The van der Waals surface area contributed by atoms with E-state index in [4.69, 9.17) is 0 Å². The first-order valence-electron chi connectivity index (χ1n) is 5.45. The molecule has 2 aromatic heterocycles. The maximum absolute atomic E-state index is 4.33. The molecule has 2 rings (SSSR count). The third-order valence-corrected chi connectivity index (χ3v) is 3.28. The van der Waals surface area contributed by atoms with E-state index < -0.39 is 0 Å². The minimum absolute atomic E-state index is 0.797. The van der Waals surface area contributed by atoms with Gasteiger partial charge in [-0.15, -0.1) is 0 Å². The van der Waals surface area contributed by atoms with Crippen LogP contribution in [0, 0.1) is 0 Å². The molecule has 0 radical (unpaired) electrons. The summed E-state index contributed by atoms with van der Waals surface area (Å²) in [4.78, 5) is 8.49. The minimum Gasteiger partial charge on any atom is -0.385 e. The number of hydrogen-bond donors (Lipinski definition) is 1. The molecule has 0 atom stereocenters. The second-order valence-corrected chi connectivity index (χ2v) is 4.46. The molecule has 0 fully saturated rings. The summed E-state index contributed by atoms with van der Waals surface area (Å²) in [6.07, 6.45) is 3.38. The van der Waals surface area contributed by atoms with E-state index >= 15 is 0 Å². The lowest BCUT2D eigenvalue weighted by Crippen LogP contribution is -1.98. The van der Waals surface area contributed by atoms with Crippen LogP contribution in [0.3, 0.4) is 0 Å². The van der Waals surface area contributed by atoms with Gasteiger partial charge in [0.05, 0.1) is 5.69 Å². The zero-order valence-electron chi connectivity index (χ0n) is 9.92. The molecule has 0 aromatic carbocycles. The fourth-order valence-electron chi connectivity index (χ4n) is 1.43. The third kappa shape index (κ3) is 3.20. The van der Waals surface area contributed by atoms with Gasteiger partial charge in [-0.1, -0.05) is 11.8 Å². The molecule has 17 heavy (non-hydrogen) atoms. The highest BCUT2D eigenvalue weighted by Crippen LogP contribution is 2.19. The normalized spacial score (nSPS) is 10.5. The first-order valence-corrected chi connectivity index (χ1v) is 6.43. The summed E-state index contributed by atoms with van der Waals surface area (Å²) in [5.41, 5.74) is 2.15. The van der Waals surface area contributed by atoms with Crippen LogP contribution in [0.25, 0.3) is 0 Å². The molecular formula is C11H15N5S. The van der Waals surface area contributed by atoms with E-state index in [-0.39, 0.29) is 0 Å². The van der Waals surface area contributed by atoms with Crippen molar-refractivity contribution in [1.82, 2.24) is 19.7 Å². The van der Waals surface area contributed by atoms with Crippen molar-refractivity contribution in [3.05, 3.63) is 30.4 Å². The Kier molecular flexibility index (Phi) is 3.98. The van der Waals surface area contributed by atoms with E-state index in [0.717, 1.165) is 28.8 Å². The predicted molar refractivity (Wildman–Crippen MR) is 69.0 cm³/mol. The van der Waals surface area contributed by atoms with E-state index in [2.05, 4.69) is 33.4 Å². The van der Waals surface area contributed by atoms with Crippen LogP contribution >= 0.6 is 11.8 Å². The van der Waals surface area contributed by atoms with Gasteiger partial charge in [0, 0.05) is 31.2 Å². The van der Waals surface area contributed by atoms with Crippen molar-refractivity contribution in [3.63, 3.8) is 0 Å². The second-order valence-electron chi connectivity index (χ2n) is 3.52. The van der Waals surface area contributed by atoms with Crippen molar-refractivity contribution in [2.75, 3.05) is 11.9 Å². The lowest BCUT2D eigenvalue weighted by atomic mass is 10.3. The lowest BCUT2D eigenvalue weighted by Gasteiger charge is -2.05. The standard InChI is InChI=1S/C11H15N5S/c1-3-12-9-4-5-13-10(6-9)7-17-11-14-8-15-16(11)2/h4-6,8H,3,7H2,1-2H3,(H,12,13). The average Bonchev–Trinajstić information content (AvgIpc) is 2.73. The Morgan fingerprint density at radius 1 is 1.41 bits per heavy atom. The molecule has 90 valence electrons.